The number of nitrogens with zero attached hydrogens (tertiary/aromatic N) is 2. The molecule has 3 nitrogen and oxygen atoms in total. The second-order valence-electron chi connectivity index (χ2n) is 3.96. The minimum absolute atomic E-state index is 1.01. The molecular weight excluding hydrogens is 218 g/mol. The van der Waals surface area contributed by atoms with Gasteiger partial charge in [0.05, 0.1) is 23.8 Å². The molecule has 0 aromatic carbocycles. The Labute approximate surface area is 102 Å². The van der Waals surface area contributed by atoms with Crippen molar-refractivity contribution in [2.24, 2.45) is 0 Å². The fourth-order valence-electron chi connectivity index (χ4n) is 1.79. The zero-order valence-corrected chi connectivity index (χ0v) is 10.6. The van der Waals surface area contributed by atoms with Crippen LogP contribution < -0.4 is 10.2 Å². The van der Waals surface area contributed by atoms with Gasteiger partial charge in [0.2, 0.25) is 0 Å². The van der Waals surface area contributed by atoms with Crippen LogP contribution in [0.25, 0.3) is 0 Å². The molecule has 16 heavy (non-hydrogen) atoms. The van der Waals surface area contributed by atoms with Gasteiger partial charge in [-0.15, -0.1) is 0 Å². The van der Waals surface area contributed by atoms with Crippen molar-refractivity contribution in [3.8, 4) is 0 Å². The fraction of sp³-hybridized carbons (Fsp3) is 0.583. The van der Waals surface area contributed by atoms with Crippen molar-refractivity contribution in [2.75, 3.05) is 41.4 Å². The molecule has 1 fully saturated rings. The van der Waals surface area contributed by atoms with E-state index < -0.39 is 0 Å². The second-order valence-corrected chi connectivity index (χ2v) is 5.18. The van der Waals surface area contributed by atoms with Crippen molar-refractivity contribution >= 4 is 23.1 Å². The molecule has 2 heterocycles. The van der Waals surface area contributed by atoms with Gasteiger partial charge in [0, 0.05) is 31.1 Å². The van der Waals surface area contributed by atoms with Crippen LogP contribution in [0.5, 0.6) is 0 Å². The van der Waals surface area contributed by atoms with Crippen molar-refractivity contribution in [3.05, 3.63) is 18.5 Å². The van der Waals surface area contributed by atoms with E-state index in [1.807, 2.05) is 24.2 Å². The molecule has 1 aliphatic heterocycles. The number of thioether (sulfide) groups is 1. The van der Waals surface area contributed by atoms with Gasteiger partial charge in [0.25, 0.3) is 0 Å². The van der Waals surface area contributed by atoms with Gasteiger partial charge < -0.3 is 10.2 Å². The SMILES string of the molecule is CCCNc1cncc(N2CCSCC2)c1. The first kappa shape index (κ1) is 11.6. The topological polar surface area (TPSA) is 28.2 Å². The summed E-state index contributed by atoms with van der Waals surface area (Å²) in [5.74, 6) is 2.46. The molecule has 88 valence electrons. The van der Waals surface area contributed by atoms with E-state index in [2.05, 4.69) is 28.2 Å². The van der Waals surface area contributed by atoms with Crippen molar-refractivity contribution in [1.29, 1.82) is 0 Å². The Morgan fingerprint density at radius 2 is 2.19 bits per heavy atom. The van der Waals surface area contributed by atoms with Gasteiger partial charge in [0.1, 0.15) is 0 Å². The second kappa shape index (κ2) is 5.99. The summed E-state index contributed by atoms with van der Waals surface area (Å²) in [7, 11) is 0. The molecule has 0 bridgehead atoms. The Morgan fingerprint density at radius 3 is 2.94 bits per heavy atom. The number of hydrogen-bond acceptors (Lipinski definition) is 4. The molecule has 0 atom stereocenters. The Bertz CT molecular complexity index is 324. The number of anilines is 2. The maximum atomic E-state index is 4.30. The minimum Gasteiger partial charge on any atom is -0.384 e. The molecule has 0 amide bonds. The van der Waals surface area contributed by atoms with E-state index in [4.69, 9.17) is 0 Å². The van der Waals surface area contributed by atoms with Gasteiger partial charge >= 0.3 is 0 Å². The Kier molecular flexibility index (Phi) is 4.34. The van der Waals surface area contributed by atoms with E-state index in [-0.39, 0.29) is 0 Å². The summed E-state index contributed by atoms with van der Waals surface area (Å²) < 4.78 is 0. The predicted molar refractivity (Wildman–Crippen MR) is 72.6 cm³/mol. The highest BCUT2D eigenvalue weighted by atomic mass is 32.2. The highest BCUT2D eigenvalue weighted by Gasteiger charge is 2.11. The summed E-state index contributed by atoms with van der Waals surface area (Å²) in [6.45, 7) is 5.47. The molecule has 1 aromatic heterocycles. The maximum absolute atomic E-state index is 4.30. The lowest BCUT2D eigenvalue weighted by Gasteiger charge is -2.28. The van der Waals surface area contributed by atoms with Crippen LogP contribution in [0.15, 0.2) is 18.5 Å². The van der Waals surface area contributed by atoms with Crippen molar-refractivity contribution in [1.82, 2.24) is 4.98 Å². The third kappa shape index (κ3) is 3.04. The standard InChI is InChI=1S/C12H19N3S/c1-2-3-14-11-8-12(10-13-9-11)15-4-6-16-7-5-15/h8-10,14H,2-7H2,1H3. The average Bonchev–Trinajstić information content (AvgIpc) is 2.38. The van der Waals surface area contributed by atoms with E-state index >= 15 is 0 Å². The lowest BCUT2D eigenvalue weighted by Crippen LogP contribution is -2.32. The molecule has 1 aromatic rings. The van der Waals surface area contributed by atoms with Crippen molar-refractivity contribution in [2.45, 2.75) is 13.3 Å². The van der Waals surface area contributed by atoms with Crippen LogP contribution in [0, 0.1) is 0 Å². The lowest BCUT2D eigenvalue weighted by atomic mass is 10.3. The van der Waals surface area contributed by atoms with Crippen LogP contribution in [0.2, 0.25) is 0 Å². The highest BCUT2D eigenvalue weighted by Crippen LogP contribution is 2.21. The first-order chi connectivity index (χ1) is 7.90. The first-order valence-electron chi connectivity index (χ1n) is 5.92. The molecule has 0 saturated carbocycles. The van der Waals surface area contributed by atoms with Crippen molar-refractivity contribution < 1.29 is 0 Å². The Balaban J connectivity index is 2.02. The molecule has 1 N–H and O–H groups in total. The quantitative estimate of drug-likeness (QED) is 0.870. The summed E-state index contributed by atoms with van der Waals surface area (Å²) in [5.41, 5.74) is 2.39. The van der Waals surface area contributed by atoms with Gasteiger partial charge in [-0.2, -0.15) is 11.8 Å². The van der Waals surface area contributed by atoms with E-state index in [9.17, 15) is 0 Å². The van der Waals surface area contributed by atoms with Crippen LogP contribution in [0.4, 0.5) is 11.4 Å². The minimum atomic E-state index is 1.01. The summed E-state index contributed by atoms with van der Waals surface area (Å²) in [6, 6.07) is 2.21. The number of hydrogen-bond donors (Lipinski definition) is 1. The van der Waals surface area contributed by atoms with Crippen molar-refractivity contribution in [3.63, 3.8) is 0 Å². The monoisotopic (exact) mass is 237 g/mol. The van der Waals surface area contributed by atoms with Gasteiger partial charge in [-0.1, -0.05) is 6.92 Å². The number of nitrogens with one attached hydrogen (secondary N) is 1. The zero-order chi connectivity index (χ0) is 11.2. The zero-order valence-electron chi connectivity index (χ0n) is 9.78. The molecule has 1 saturated heterocycles. The predicted octanol–water partition coefficient (Wildman–Crippen LogP) is 2.46. The molecule has 0 spiro atoms. The van der Waals surface area contributed by atoms with Gasteiger partial charge in [0.15, 0.2) is 0 Å². The summed E-state index contributed by atoms with van der Waals surface area (Å²) in [5, 5.41) is 3.38. The Hall–Kier alpha value is -0.900. The van der Waals surface area contributed by atoms with E-state index in [1.54, 1.807) is 0 Å². The summed E-state index contributed by atoms with van der Waals surface area (Å²) in [4.78, 5) is 6.72. The molecule has 0 radical (unpaired) electrons. The maximum Gasteiger partial charge on any atom is 0.0574 e. The number of pyridine rings is 1. The molecule has 4 heteroatoms. The molecular formula is C12H19N3S. The van der Waals surface area contributed by atoms with E-state index in [0.717, 1.165) is 31.7 Å². The molecule has 1 aliphatic rings. The van der Waals surface area contributed by atoms with Crippen LogP contribution in [-0.4, -0.2) is 36.1 Å². The third-order valence-electron chi connectivity index (χ3n) is 2.68. The van der Waals surface area contributed by atoms with E-state index in [1.165, 1.54) is 17.2 Å². The van der Waals surface area contributed by atoms with Crippen LogP contribution >= 0.6 is 11.8 Å². The number of rotatable bonds is 4. The molecule has 2 rings (SSSR count). The van der Waals surface area contributed by atoms with Gasteiger partial charge in [-0.3, -0.25) is 4.98 Å². The largest absolute Gasteiger partial charge is 0.384 e. The van der Waals surface area contributed by atoms with Crippen LogP contribution in [-0.2, 0) is 0 Å². The third-order valence-corrected chi connectivity index (χ3v) is 3.62. The molecule has 0 unspecified atom stereocenters. The average molecular weight is 237 g/mol. The van der Waals surface area contributed by atoms with Crippen LogP contribution in [0.1, 0.15) is 13.3 Å². The van der Waals surface area contributed by atoms with E-state index in [0.29, 0.717) is 0 Å². The summed E-state index contributed by atoms with van der Waals surface area (Å²) in [6.07, 6.45) is 5.01. The number of aromatic nitrogens is 1. The highest BCUT2D eigenvalue weighted by molar-refractivity contribution is 7.99. The summed E-state index contributed by atoms with van der Waals surface area (Å²) >= 11 is 2.03. The molecule has 0 aliphatic carbocycles. The van der Waals surface area contributed by atoms with Crippen LogP contribution in [0.3, 0.4) is 0 Å². The Morgan fingerprint density at radius 1 is 1.38 bits per heavy atom. The normalized spacial score (nSPS) is 16.2. The fourth-order valence-corrected chi connectivity index (χ4v) is 2.69. The lowest BCUT2D eigenvalue weighted by molar-refractivity contribution is 0.855. The van der Waals surface area contributed by atoms with Gasteiger partial charge in [-0.05, 0) is 12.5 Å². The smallest absolute Gasteiger partial charge is 0.0574 e. The first-order valence-corrected chi connectivity index (χ1v) is 7.07. The van der Waals surface area contributed by atoms with Gasteiger partial charge in [-0.25, -0.2) is 0 Å².